The number of pyridine rings is 1. The quantitative estimate of drug-likeness (QED) is 0.815. The predicted octanol–water partition coefficient (Wildman–Crippen LogP) is 0.886. The van der Waals surface area contributed by atoms with Crippen LogP contribution in [0.5, 0.6) is 0 Å². The van der Waals surface area contributed by atoms with Crippen molar-refractivity contribution < 1.29 is 0 Å². The third-order valence-electron chi connectivity index (χ3n) is 2.91. The minimum atomic E-state index is 0.00596. The van der Waals surface area contributed by atoms with Gasteiger partial charge in [0.25, 0.3) is 5.56 Å². The first kappa shape index (κ1) is 14.5. The highest BCUT2D eigenvalue weighted by Crippen LogP contribution is 1.95. The summed E-state index contributed by atoms with van der Waals surface area (Å²) in [5.74, 6) is 0.620. The van der Waals surface area contributed by atoms with E-state index in [1.54, 1.807) is 27.6 Å². The Bertz CT molecular complexity index is 587. The Balaban J connectivity index is 1.84. The Morgan fingerprint density at radius 1 is 1.30 bits per heavy atom. The van der Waals surface area contributed by atoms with Crippen LogP contribution in [0.3, 0.4) is 0 Å². The van der Waals surface area contributed by atoms with E-state index in [2.05, 4.69) is 29.5 Å². The van der Waals surface area contributed by atoms with Gasteiger partial charge in [-0.15, -0.1) is 5.10 Å². The molecule has 0 bridgehead atoms. The number of rotatable bonds is 7. The van der Waals surface area contributed by atoms with Gasteiger partial charge in [0.15, 0.2) is 0 Å². The van der Waals surface area contributed by atoms with Crippen molar-refractivity contribution in [1.82, 2.24) is 24.9 Å². The molecule has 0 unspecified atom stereocenters. The van der Waals surface area contributed by atoms with E-state index in [1.165, 1.54) is 0 Å². The van der Waals surface area contributed by atoms with Gasteiger partial charge in [-0.3, -0.25) is 9.48 Å². The van der Waals surface area contributed by atoms with E-state index in [0.717, 1.165) is 18.8 Å². The van der Waals surface area contributed by atoms with Crippen LogP contribution < -0.4 is 10.9 Å². The molecule has 2 heterocycles. The van der Waals surface area contributed by atoms with E-state index in [1.807, 2.05) is 12.3 Å². The summed E-state index contributed by atoms with van der Waals surface area (Å²) in [6.45, 7) is 7.27. The van der Waals surface area contributed by atoms with Crippen LogP contribution in [0, 0.1) is 5.92 Å². The van der Waals surface area contributed by atoms with E-state index >= 15 is 0 Å². The molecular formula is C14H21N5O. The highest BCUT2D eigenvalue weighted by Gasteiger charge is 2.02. The minimum absolute atomic E-state index is 0.00596. The topological polar surface area (TPSA) is 64.7 Å². The molecule has 108 valence electrons. The maximum atomic E-state index is 11.6. The molecule has 6 nitrogen and oxygen atoms in total. The van der Waals surface area contributed by atoms with Crippen molar-refractivity contribution in [1.29, 1.82) is 0 Å². The zero-order chi connectivity index (χ0) is 14.4. The molecule has 1 N–H and O–H groups in total. The van der Waals surface area contributed by atoms with E-state index in [4.69, 9.17) is 0 Å². The lowest BCUT2D eigenvalue weighted by Crippen LogP contribution is -2.20. The van der Waals surface area contributed by atoms with Gasteiger partial charge in [0.1, 0.15) is 0 Å². The van der Waals surface area contributed by atoms with Crippen molar-refractivity contribution in [3.8, 4) is 0 Å². The van der Waals surface area contributed by atoms with Gasteiger partial charge < -0.3 is 9.88 Å². The van der Waals surface area contributed by atoms with Crippen molar-refractivity contribution in [3.63, 3.8) is 0 Å². The van der Waals surface area contributed by atoms with E-state index in [-0.39, 0.29) is 5.56 Å². The third-order valence-corrected chi connectivity index (χ3v) is 2.91. The predicted molar refractivity (Wildman–Crippen MR) is 77.3 cm³/mol. The molecule has 6 heteroatoms. The Hall–Kier alpha value is -1.95. The van der Waals surface area contributed by atoms with E-state index < -0.39 is 0 Å². The first-order chi connectivity index (χ1) is 9.65. The molecule has 20 heavy (non-hydrogen) atoms. The largest absolute Gasteiger partial charge is 0.314 e. The van der Waals surface area contributed by atoms with Crippen molar-refractivity contribution in [2.45, 2.75) is 33.5 Å². The van der Waals surface area contributed by atoms with Crippen molar-refractivity contribution in [2.24, 2.45) is 5.92 Å². The Labute approximate surface area is 118 Å². The summed E-state index contributed by atoms with van der Waals surface area (Å²) in [6.07, 6.45) is 3.70. The van der Waals surface area contributed by atoms with Crippen molar-refractivity contribution in [2.75, 3.05) is 6.54 Å². The molecule has 2 aromatic heterocycles. The molecule has 0 spiro atoms. The first-order valence-electron chi connectivity index (χ1n) is 6.90. The Kier molecular flexibility index (Phi) is 5.06. The molecule has 0 aliphatic carbocycles. The second-order valence-electron chi connectivity index (χ2n) is 5.23. The van der Waals surface area contributed by atoms with Crippen molar-refractivity contribution >= 4 is 0 Å². The maximum absolute atomic E-state index is 11.6. The van der Waals surface area contributed by atoms with Crippen LogP contribution in [-0.4, -0.2) is 26.1 Å². The lowest BCUT2D eigenvalue weighted by atomic mass is 10.2. The molecule has 0 radical (unpaired) electrons. The van der Waals surface area contributed by atoms with Crippen LogP contribution in [0.15, 0.2) is 35.4 Å². The van der Waals surface area contributed by atoms with Gasteiger partial charge >= 0.3 is 0 Å². The molecular weight excluding hydrogens is 254 g/mol. The first-order valence-corrected chi connectivity index (χ1v) is 6.90. The maximum Gasteiger partial charge on any atom is 0.250 e. The Morgan fingerprint density at radius 3 is 2.90 bits per heavy atom. The second-order valence-corrected chi connectivity index (χ2v) is 5.23. The number of aryl methyl sites for hydroxylation is 2. The van der Waals surface area contributed by atoms with Gasteiger partial charge in [0.05, 0.1) is 12.2 Å². The number of hydrogen-bond donors (Lipinski definition) is 1. The van der Waals surface area contributed by atoms with Gasteiger partial charge in [-0.2, -0.15) is 0 Å². The minimum Gasteiger partial charge on any atom is -0.314 e. The monoisotopic (exact) mass is 275 g/mol. The van der Waals surface area contributed by atoms with Crippen LogP contribution in [0.2, 0.25) is 0 Å². The molecule has 0 fully saturated rings. The lowest BCUT2D eigenvalue weighted by molar-refractivity contribution is 0.511. The summed E-state index contributed by atoms with van der Waals surface area (Å²) in [4.78, 5) is 11.6. The SMILES string of the molecule is CC(C)CNCc1cn(CCn2ccccc2=O)nn1. The molecule has 0 aliphatic rings. The van der Waals surface area contributed by atoms with E-state index in [9.17, 15) is 4.79 Å². The molecule has 2 rings (SSSR count). The smallest absolute Gasteiger partial charge is 0.250 e. The van der Waals surface area contributed by atoms with Crippen LogP contribution in [0.1, 0.15) is 19.5 Å². The molecule has 0 atom stereocenters. The fraction of sp³-hybridized carbons (Fsp3) is 0.500. The molecule has 2 aromatic rings. The zero-order valence-corrected chi connectivity index (χ0v) is 12.0. The average molecular weight is 275 g/mol. The summed E-state index contributed by atoms with van der Waals surface area (Å²) >= 11 is 0. The van der Waals surface area contributed by atoms with Crippen LogP contribution in [0.4, 0.5) is 0 Å². The van der Waals surface area contributed by atoms with Crippen LogP contribution in [0.25, 0.3) is 0 Å². The summed E-state index contributed by atoms with van der Waals surface area (Å²) in [5.41, 5.74) is 0.928. The number of aromatic nitrogens is 4. The lowest BCUT2D eigenvalue weighted by Gasteiger charge is -2.05. The number of nitrogens with one attached hydrogen (secondary N) is 1. The van der Waals surface area contributed by atoms with Gasteiger partial charge in [-0.25, -0.2) is 0 Å². The fourth-order valence-corrected chi connectivity index (χ4v) is 1.87. The highest BCUT2D eigenvalue weighted by atomic mass is 16.1. The molecule has 0 saturated heterocycles. The van der Waals surface area contributed by atoms with Crippen molar-refractivity contribution in [3.05, 3.63) is 46.6 Å². The Morgan fingerprint density at radius 2 is 2.15 bits per heavy atom. The summed E-state index contributed by atoms with van der Waals surface area (Å²) in [5, 5.41) is 11.5. The summed E-state index contributed by atoms with van der Waals surface area (Å²) < 4.78 is 3.43. The summed E-state index contributed by atoms with van der Waals surface area (Å²) in [7, 11) is 0. The zero-order valence-electron chi connectivity index (χ0n) is 12.0. The van der Waals surface area contributed by atoms with Gasteiger partial charge in [-0.05, 0) is 18.5 Å². The number of nitrogens with zero attached hydrogens (tertiary/aromatic N) is 4. The summed E-state index contributed by atoms with van der Waals surface area (Å²) in [6, 6.07) is 5.15. The molecule has 0 aliphatic heterocycles. The van der Waals surface area contributed by atoms with Gasteiger partial charge in [0, 0.05) is 31.5 Å². The molecule has 0 amide bonds. The standard InChI is InChI=1S/C14H21N5O/c1-12(2)9-15-10-13-11-19(17-16-13)8-7-18-6-4-3-5-14(18)20/h3-6,11-12,15H,7-10H2,1-2H3. The van der Waals surface area contributed by atoms with Crippen LogP contribution in [-0.2, 0) is 19.6 Å². The number of hydrogen-bond acceptors (Lipinski definition) is 4. The molecule has 0 saturated carbocycles. The molecule has 0 aromatic carbocycles. The second kappa shape index (κ2) is 7.00. The normalized spacial score (nSPS) is 11.2. The third kappa shape index (κ3) is 4.31. The average Bonchev–Trinajstić information content (AvgIpc) is 2.85. The van der Waals surface area contributed by atoms with Gasteiger partial charge in [-0.1, -0.05) is 25.1 Å². The van der Waals surface area contributed by atoms with Gasteiger partial charge in [0.2, 0.25) is 0 Å². The highest BCUT2D eigenvalue weighted by molar-refractivity contribution is 4.94. The fourth-order valence-electron chi connectivity index (χ4n) is 1.87. The van der Waals surface area contributed by atoms with Crippen LogP contribution >= 0.6 is 0 Å². The van der Waals surface area contributed by atoms with E-state index in [0.29, 0.717) is 19.0 Å².